The van der Waals surface area contributed by atoms with Gasteiger partial charge in [0.2, 0.25) is 0 Å². The minimum atomic E-state index is -6.45. The number of nitrogen functional groups attached to an aromatic ring is 2. The van der Waals surface area contributed by atoms with E-state index < -0.39 is 46.7 Å². The van der Waals surface area contributed by atoms with Gasteiger partial charge in [-0.1, -0.05) is 27.7 Å². The average Bonchev–Trinajstić information content (AvgIpc) is 3.72. The minimum absolute atomic E-state index is 0.0733. The lowest BCUT2D eigenvalue weighted by Gasteiger charge is -2.38. The summed E-state index contributed by atoms with van der Waals surface area (Å²) in [7, 11) is 0. The van der Waals surface area contributed by atoms with Crippen molar-refractivity contribution in [2.45, 2.75) is 101 Å². The summed E-state index contributed by atoms with van der Waals surface area (Å²) >= 11 is 0. The third-order valence-corrected chi connectivity index (χ3v) is 7.67. The molecule has 0 saturated heterocycles. The quantitative estimate of drug-likeness (QED) is 0.243. The van der Waals surface area contributed by atoms with E-state index in [9.17, 15) is 0 Å². The monoisotopic (exact) mass is 548 g/mol. The molecule has 210 valence electrons. The molecule has 2 fully saturated rings. The average molecular weight is 549 g/mol. The normalized spacial score (nSPS) is 17.5. The van der Waals surface area contributed by atoms with Crippen molar-refractivity contribution >= 4 is 11.4 Å². The fraction of sp³-hybridized carbons (Fsp3) is 0.571. The second kappa shape index (κ2) is 9.01. The smallest absolute Gasteiger partial charge is 0.382 e. The van der Waals surface area contributed by atoms with Crippen LogP contribution < -0.4 is 11.5 Å². The van der Waals surface area contributed by atoms with Crippen LogP contribution in [0.25, 0.3) is 0 Å². The molecular weight excluding hydrogens is 516 g/mol. The van der Waals surface area contributed by atoms with Gasteiger partial charge in [0.05, 0.1) is 0 Å². The SMILES string of the molecule is CC(C)c1cc(C(F)(F)C(F)(F)C(F)(F)C(F)(F)c2cc(C(C)C)c(N)c(C3CC3)c2)cc(C2CC2)c1N. The predicted molar refractivity (Wildman–Crippen MR) is 132 cm³/mol. The molecule has 10 heteroatoms. The van der Waals surface area contributed by atoms with Crippen molar-refractivity contribution in [3.63, 3.8) is 0 Å². The van der Waals surface area contributed by atoms with Crippen molar-refractivity contribution in [1.29, 1.82) is 0 Å². The first kappa shape index (κ1) is 28.5. The summed E-state index contributed by atoms with van der Waals surface area (Å²) in [5.74, 6) is -25.7. The van der Waals surface area contributed by atoms with Crippen LogP contribution in [0.5, 0.6) is 0 Å². The minimum Gasteiger partial charge on any atom is -0.398 e. The maximum absolute atomic E-state index is 15.4. The standard InChI is InChI=1S/C28H32F8N2/c1-13(2)19-9-17(11-21(23(19)37)15-5-6-15)25(29,30)27(33,34)28(35,36)26(31,32)18-10-20(14(3)4)24(38)22(12-18)16-7-8-16/h9-16H,5-8,37-38H2,1-4H3. The molecule has 2 aromatic rings. The first-order chi connectivity index (χ1) is 17.4. The first-order valence-electron chi connectivity index (χ1n) is 12.7. The highest BCUT2D eigenvalue weighted by molar-refractivity contribution is 5.61. The molecule has 0 heterocycles. The van der Waals surface area contributed by atoms with Crippen molar-refractivity contribution in [2.75, 3.05) is 11.5 Å². The topological polar surface area (TPSA) is 52.0 Å². The summed E-state index contributed by atoms with van der Waals surface area (Å²) in [5, 5.41) is 0. The zero-order valence-electron chi connectivity index (χ0n) is 21.6. The molecule has 2 aromatic carbocycles. The zero-order valence-corrected chi connectivity index (χ0v) is 21.6. The van der Waals surface area contributed by atoms with E-state index in [1.54, 1.807) is 27.7 Å². The van der Waals surface area contributed by atoms with E-state index in [1.165, 1.54) is 0 Å². The summed E-state index contributed by atoms with van der Waals surface area (Å²) < 4.78 is 122. The van der Waals surface area contributed by atoms with E-state index in [1.807, 2.05) is 0 Å². The molecule has 0 radical (unpaired) electrons. The number of anilines is 2. The summed E-state index contributed by atoms with van der Waals surface area (Å²) in [6, 6.07) is 2.57. The number of rotatable bonds is 9. The number of alkyl halides is 8. The highest BCUT2D eigenvalue weighted by atomic mass is 19.4. The van der Waals surface area contributed by atoms with Crippen LogP contribution in [0.2, 0.25) is 0 Å². The van der Waals surface area contributed by atoms with Crippen LogP contribution in [-0.4, -0.2) is 11.8 Å². The fourth-order valence-electron chi connectivity index (χ4n) is 4.94. The number of halogens is 8. The van der Waals surface area contributed by atoms with Gasteiger partial charge < -0.3 is 11.5 Å². The molecule has 0 aromatic heterocycles. The fourth-order valence-corrected chi connectivity index (χ4v) is 4.94. The lowest BCUT2D eigenvalue weighted by Crippen LogP contribution is -2.59. The molecule has 2 nitrogen and oxygen atoms in total. The molecule has 4 N–H and O–H groups in total. The molecule has 0 aliphatic heterocycles. The van der Waals surface area contributed by atoms with Crippen molar-refractivity contribution in [2.24, 2.45) is 0 Å². The van der Waals surface area contributed by atoms with E-state index in [-0.39, 0.29) is 45.5 Å². The van der Waals surface area contributed by atoms with Crippen LogP contribution in [0.3, 0.4) is 0 Å². The van der Waals surface area contributed by atoms with Crippen molar-refractivity contribution in [3.05, 3.63) is 57.6 Å². The number of benzene rings is 2. The third-order valence-electron chi connectivity index (χ3n) is 7.67. The van der Waals surface area contributed by atoms with Gasteiger partial charge in [0.15, 0.2) is 0 Å². The Morgan fingerprint density at radius 2 is 0.868 bits per heavy atom. The number of hydrogen-bond acceptors (Lipinski definition) is 2. The van der Waals surface area contributed by atoms with Crippen molar-refractivity contribution in [1.82, 2.24) is 0 Å². The van der Waals surface area contributed by atoms with Gasteiger partial charge in [0.1, 0.15) is 0 Å². The molecule has 2 aliphatic rings. The Labute approximate surface area is 216 Å². The molecular formula is C28H32F8N2. The van der Waals surface area contributed by atoms with Crippen LogP contribution in [0.1, 0.15) is 110 Å². The maximum atomic E-state index is 15.4. The molecule has 0 spiro atoms. The molecule has 0 atom stereocenters. The van der Waals surface area contributed by atoms with Gasteiger partial charge in [-0.2, -0.15) is 35.1 Å². The molecule has 0 unspecified atom stereocenters. The number of hydrogen-bond donors (Lipinski definition) is 2. The van der Waals surface area contributed by atoms with E-state index in [0.717, 1.165) is 0 Å². The summed E-state index contributed by atoms with van der Waals surface area (Å²) in [4.78, 5) is 0. The highest BCUT2D eigenvalue weighted by Crippen LogP contribution is 2.60. The largest absolute Gasteiger partial charge is 0.398 e. The van der Waals surface area contributed by atoms with Gasteiger partial charge in [-0.3, -0.25) is 0 Å². The van der Waals surface area contributed by atoms with Crippen LogP contribution in [-0.2, 0) is 11.8 Å². The second-order valence-electron chi connectivity index (χ2n) is 11.3. The van der Waals surface area contributed by atoms with Crippen LogP contribution in [0.4, 0.5) is 46.5 Å². The first-order valence-corrected chi connectivity index (χ1v) is 12.7. The van der Waals surface area contributed by atoms with Gasteiger partial charge in [-0.25, -0.2) is 0 Å². The Morgan fingerprint density at radius 1 is 0.579 bits per heavy atom. The van der Waals surface area contributed by atoms with E-state index >= 15 is 35.1 Å². The maximum Gasteiger partial charge on any atom is 0.382 e. The van der Waals surface area contributed by atoms with Crippen LogP contribution in [0.15, 0.2) is 24.3 Å². The van der Waals surface area contributed by atoms with Gasteiger partial charge in [-0.15, -0.1) is 0 Å². The Kier molecular flexibility index (Phi) is 6.76. The molecule has 38 heavy (non-hydrogen) atoms. The summed E-state index contributed by atoms with van der Waals surface area (Å²) in [6.45, 7) is 6.32. The number of nitrogens with two attached hydrogens (primary N) is 2. The molecule has 4 rings (SSSR count). The van der Waals surface area contributed by atoms with Crippen LogP contribution >= 0.6 is 0 Å². The lowest BCUT2D eigenvalue weighted by atomic mass is 9.85. The Bertz CT molecular complexity index is 1090. The van der Waals surface area contributed by atoms with Crippen LogP contribution in [0, 0.1) is 0 Å². The van der Waals surface area contributed by atoms with Crippen molar-refractivity contribution in [3.8, 4) is 0 Å². The van der Waals surface area contributed by atoms with Gasteiger partial charge >= 0.3 is 23.7 Å². The third kappa shape index (κ3) is 4.31. The van der Waals surface area contributed by atoms with E-state index in [2.05, 4.69) is 0 Å². The van der Waals surface area contributed by atoms with Crippen molar-refractivity contribution < 1.29 is 35.1 Å². The summed E-state index contributed by atoms with van der Waals surface area (Å²) in [5.41, 5.74) is 9.88. The molecule has 2 aliphatic carbocycles. The second-order valence-corrected chi connectivity index (χ2v) is 11.3. The zero-order chi connectivity index (χ0) is 28.6. The summed E-state index contributed by atoms with van der Waals surface area (Å²) in [6.07, 6.45) is 2.28. The predicted octanol–water partition coefficient (Wildman–Crippen LogP) is 9.01. The highest BCUT2D eigenvalue weighted by Gasteiger charge is 2.81. The molecule has 0 amide bonds. The van der Waals surface area contributed by atoms with Gasteiger partial charge in [0.25, 0.3) is 0 Å². The molecule has 2 saturated carbocycles. The Morgan fingerprint density at radius 3 is 1.11 bits per heavy atom. The molecule has 0 bridgehead atoms. The Hall–Kier alpha value is -2.52. The Balaban J connectivity index is 1.83. The van der Waals surface area contributed by atoms with Gasteiger partial charge in [-0.05, 0) is 95.9 Å². The lowest BCUT2D eigenvalue weighted by molar-refractivity contribution is -0.374. The van der Waals surface area contributed by atoms with E-state index in [0.29, 0.717) is 49.9 Å². The van der Waals surface area contributed by atoms with Gasteiger partial charge in [0, 0.05) is 22.5 Å². The van der Waals surface area contributed by atoms with E-state index in [4.69, 9.17) is 11.5 Å².